The first kappa shape index (κ1) is 23.2. The van der Waals surface area contributed by atoms with Crippen molar-refractivity contribution in [1.29, 1.82) is 0 Å². The Bertz CT molecular complexity index is 1810. The summed E-state index contributed by atoms with van der Waals surface area (Å²) in [7, 11) is 0. The van der Waals surface area contributed by atoms with Crippen molar-refractivity contribution in [1.82, 2.24) is 15.0 Å². The molecule has 0 atom stereocenters. The minimum atomic E-state index is -0.319. The summed E-state index contributed by atoms with van der Waals surface area (Å²) < 4.78 is 0. The van der Waals surface area contributed by atoms with E-state index in [0.717, 1.165) is 56.3 Å². The summed E-state index contributed by atoms with van der Waals surface area (Å²) in [6.45, 7) is 4.45. The highest BCUT2D eigenvalue weighted by molar-refractivity contribution is 5.88. The molecule has 0 radical (unpaired) electrons. The molecular weight excluding hydrogens is 474 g/mol. The summed E-state index contributed by atoms with van der Waals surface area (Å²) in [4.78, 5) is 15.7. The lowest BCUT2D eigenvalue weighted by molar-refractivity contribution is 0.633. The van der Waals surface area contributed by atoms with E-state index < -0.39 is 0 Å². The molecule has 0 fully saturated rings. The standard InChI is InChI=1S/C36H27N3/c1-36(2)30-23-37-31(28-21-13-12-20-27(28)24-14-6-3-7-15-24)22-29(30)34-35(36)39-33(26-18-10-5-11-19-26)32(38-34)25-16-8-4-9-17-25/h3-23H,1-2H3. The maximum absolute atomic E-state index is 5.36. The molecule has 0 aliphatic heterocycles. The first-order valence-corrected chi connectivity index (χ1v) is 13.3. The number of hydrogen-bond donors (Lipinski definition) is 0. The highest BCUT2D eigenvalue weighted by Crippen LogP contribution is 2.49. The summed E-state index contributed by atoms with van der Waals surface area (Å²) >= 11 is 0. The van der Waals surface area contributed by atoms with Crippen LogP contribution in [0.15, 0.2) is 128 Å². The van der Waals surface area contributed by atoms with Crippen LogP contribution in [0.1, 0.15) is 25.1 Å². The van der Waals surface area contributed by atoms with Crippen LogP contribution in [0, 0.1) is 0 Å². The molecule has 3 nitrogen and oxygen atoms in total. The van der Waals surface area contributed by atoms with Crippen LogP contribution in [0.2, 0.25) is 0 Å². The van der Waals surface area contributed by atoms with Crippen molar-refractivity contribution >= 4 is 0 Å². The van der Waals surface area contributed by atoms with E-state index in [9.17, 15) is 0 Å². The molecule has 2 aromatic heterocycles. The Balaban J connectivity index is 1.45. The second kappa shape index (κ2) is 9.14. The number of fused-ring (bicyclic) bond motifs is 3. The maximum Gasteiger partial charge on any atom is 0.0973 e. The smallest absolute Gasteiger partial charge is 0.0973 e. The Kier molecular flexibility index (Phi) is 5.45. The molecule has 3 heteroatoms. The molecule has 0 N–H and O–H groups in total. The van der Waals surface area contributed by atoms with Crippen molar-refractivity contribution in [3.8, 4) is 56.2 Å². The van der Waals surface area contributed by atoms with E-state index in [0.29, 0.717) is 0 Å². The van der Waals surface area contributed by atoms with Crippen LogP contribution in [-0.4, -0.2) is 15.0 Å². The van der Waals surface area contributed by atoms with Gasteiger partial charge in [-0.2, -0.15) is 0 Å². The number of rotatable bonds is 4. The average Bonchev–Trinajstić information content (AvgIpc) is 3.23. The van der Waals surface area contributed by atoms with E-state index >= 15 is 0 Å². The van der Waals surface area contributed by atoms with Crippen LogP contribution in [0.3, 0.4) is 0 Å². The predicted molar refractivity (Wildman–Crippen MR) is 159 cm³/mol. The Morgan fingerprint density at radius 3 is 1.62 bits per heavy atom. The minimum Gasteiger partial charge on any atom is -0.256 e. The molecule has 0 spiro atoms. The van der Waals surface area contributed by atoms with Gasteiger partial charge in [0.05, 0.1) is 28.5 Å². The van der Waals surface area contributed by atoms with Crippen LogP contribution in [0.5, 0.6) is 0 Å². The number of pyridine rings is 1. The number of hydrogen-bond acceptors (Lipinski definition) is 3. The van der Waals surface area contributed by atoms with Crippen molar-refractivity contribution < 1.29 is 0 Å². The lowest BCUT2D eigenvalue weighted by Crippen LogP contribution is -2.18. The molecule has 0 unspecified atom stereocenters. The quantitative estimate of drug-likeness (QED) is 0.242. The molecule has 2 heterocycles. The lowest BCUT2D eigenvalue weighted by Gasteiger charge is -2.21. The highest BCUT2D eigenvalue weighted by Gasteiger charge is 2.40. The van der Waals surface area contributed by atoms with Gasteiger partial charge in [-0.3, -0.25) is 4.98 Å². The summed E-state index contributed by atoms with van der Waals surface area (Å²) in [6.07, 6.45) is 2.03. The number of benzene rings is 4. The van der Waals surface area contributed by atoms with Crippen LogP contribution < -0.4 is 0 Å². The third-order valence-corrected chi connectivity index (χ3v) is 7.70. The van der Waals surface area contributed by atoms with Gasteiger partial charge >= 0.3 is 0 Å². The third kappa shape index (κ3) is 3.86. The fourth-order valence-electron chi connectivity index (χ4n) is 5.65. The second-order valence-corrected chi connectivity index (χ2v) is 10.5. The summed E-state index contributed by atoms with van der Waals surface area (Å²) in [5.74, 6) is 0. The molecule has 0 saturated heterocycles. The minimum absolute atomic E-state index is 0.319. The van der Waals surface area contributed by atoms with Gasteiger partial charge in [-0.15, -0.1) is 0 Å². The van der Waals surface area contributed by atoms with Crippen molar-refractivity contribution in [3.05, 3.63) is 139 Å². The second-order valence-electron chi connectivity index (χ2n) is 10.5. The molecule has 0 amide bonds. The number of nitrogens with zero attached hydrogens (tertiary/aromatic N) is 3. The predicted octanol–water partition coefficient (Wildman–Crippen LogP) is 8.85. The van der Waals surface area contributed by atoms with Gasteiger partial charge in [0.15, 0.2) is 0 Å². The van der Waals surface area contributed by atoms with Crippen molar-refractivity contribution in [3.63, 3.8) is 0 Å². The third-order valence-electron chi connectivity index (χ3n) is 7.70. The van der Waals surface area contributed by atoms with E-state index in [2.05, 4.69) is 117 Å². The fourth-order valence-corrected chi connectivity index (χ4v) is 5.65. The highest BCUT2D eigenvalue weighted by atomic mass is 14.9. The molecule has 6 aromatic rings. The van der Waals surface area contributed by atoms with Gasteiger partial charge in [-0.1, -0.05) is 115 Å². The van der Waals surface area contributed by atoms with E-state index in [1.165, 1.54) is 11.1 Å². The maximum atomic E-state index is 5.36. The van der Waals surface area contributed by atoms with Gasteiger partial charge in [-0.25, -0.2) is 9.97 Å². The molecule has 7 rings (SSSR count). The molecule has 1 aliphatic carbocycles. The van der Waals surface area contributed by atoms with Gasteiger partial charge in [0.1, 0.15) is 0 Å². The van der Waals surface area contributed by atoms with Gasteiger partial charge in [0.2, 0.25) is 0 Å². The molecule has 1 aliphatic rings. The van der Waals surface area contributed by atoms with Gasteiger partial charge in [-0.05, 0) is 36.6 Å². The SMILES string of the molecule is CC1(C)c2cnc(-c3ccccc3-c3ccccc3)cc2-c2nc(-c3ccccc3)c(-c3ccccc3)nc21. The number of aromatic nitrogens is 3. The van der Waals surface area contributed by atoms with Gasteiger partial charge in [0.25, 0.3) is 0 Å². The van der Waals surface area contributed by atoms with Gasteiger partial charge in [0, 0.05) is 33.9 Å². The molecule has 0 saturated carbocycles. The summed E-state index contributed by atoms with van der Waals surface area (Å²) in [5.41, 5.74) is 12.2. The molecule has 0 bridgehead atoms. The molecule has 39 heavy (non-hydrogen) atoms. The topological polar surface area (TPSA) is 38.7 Å². The van der Waals surface area contributed by atoms with Crippen molar-refractivity contribution in [2.24, 2.45) is 0 Å². The molecule has 186 valence electrons. The van der Waals surface area contributed by atoms with Gasteiger partial charge < -0.3 is 0 Å². The first-order chi connectivity index (χ1) is 19.1. The molecular formula is C36H27N3. The van der Waals surface area contributed by atoms with Crippen molar-refractivity contribution in [2.45, 2.75) is 19.3 Å². The Morgan fingerprint density at radius 1 is 0.487 bits per heavy atom. The van der Waals surface area contributed by atoms with Crippen LogP contribution in [-0.2, 0) is 5.41 Å². The van der Waals surface area contributed by atoms with Crippen LogP contribution >= 0.6 is 0 Å². The normalized spacial score (nSPS) is 13.1. The first-order valence-electron chi connectivity index (χ1n) is 13.3. The van der Waals surface area contributed by atoms with E-state index in [1.807, 2.05) is 24.4 Å². The van der Waals surface area contributed by atoms with Crippen LogP contribution in [0.4, 0.5) is 0 Å². The molecule has 4 aromatic carbocycles. The van der Waals surface area contributed by atoms with E-state index in [1.54, 1.807) is 0 Å². The Labute approximate surface area is 228 Å². The van der Waals surface area contributed by atoms with E-state index in [-0.39, 0.29) is 5.41 Å². The van der Waals surface area contributed by atoms with Crippen LogP contribution in [0.25, 0.3) is 56.2 Å². The Hall–Kier alpha value is -4.89. The zero-order valence-corrected chi connectivity index (χ0v) is 22.0. The zero-order valence-electron chi connectivity index (χ0n) is 22.0. The van der Waals surface area contributed by atoms with E-state index in [4.69, 9.17) is 15.0 Å². The van der Waals surface area contributed by atoms with Crippen molar-refractivity contribution in [2.75, 3.05) is 0 Å². The largest absolute Gasteiger partial charge is 0.256 e. The zero-order chi connectivity index (χ0) is 26.4. The average molecular weight is 502 g/mol. The Morgan fingerprint density at radius 2 is 1.00 bits per heavy atom. The monoisotopic (exact) mass is 501 g/mol. The summed E-state index contributed by atoms with van der Waals surface area (Å²) in [6, 6.07) is 41.9. The lowest BCUT2D eigenvalue weighted by atomic mass is 9.86. The summed E-state index contributed by atoms with van der Waals surface area (Å²) in [5, 5.41) is 0. The fraction of sp³-hybridized carbons (Fsp3) is 0.0833.